The second-order valence-corrected chi connectivity index (χ2v) is 9.68. The molecule has 134 valence electrons. The van der Waals surface area contributed by atoms with Gasteiger partial charge in [-0.25, -0.2) is 0 Å². The Morgan fingerprint density at radius 2 is 1.76 bits per heavy atom. The Bertz CT molecular complexity index is 692. The Balaban J connectivity index is 1.19. The van der Waals surface area contributed by atoms with Gasteiger partial charge in [0.15, 0.2) is 0 Å². The summed E-state index contributed by atoms with van der Waals surface area (Å²) >= 11 is 0. The number of hydrogen-bond donors (Lipinski definition) is 1. The molecular weight excluding hydrogens is 310 g/mol. The van der Waals surface area contributed by atoms with Gasteiger partial charge >= 0.3 is 0 Å². The van der Waals surface area contributed by atoms with E-state index in [2.05, 4.69) is 29.2 Å². The van der Waals surface area contributed by atoms with E-state index in [-0.39, 0.29) is 11.8 Å². The molecule has 3 heteroatoms. The van der Waals surface area contributed by atoms with Crippen LogP contribution in [0.25, 0.3) is 0 Å². The van der Waals surface area contributed by atoms with Crippen LogP contribution >= 0.6 is 0 Å². The predicted molar refractivity (Wildman–Crippen MR) is 97.4 cm³/mol. The number of benzene rings is 1. The lowest BCUT2D eigenvalue weighted by molar-refractivity contribution is -0.161. The molecule has 0 radical (unpaired) electrons. The van der Waals surface area contributed by atoms with Crippen molar-refractivity contribution in [3.05, 3.63) is 35.4 Å². The third kappa shape index (κ3) is 2.81. The minimum atomic E-state index is -0.603. The van der Waals surface area contributed by atoms with Crippen LogP contribution in [0.2, 0.25) is 0 Å². The Kier molecular flexibility index (Phi) is 3.38. The van der Waals surface area contributed by atoms with E-state index in [9.17, 15) is 9.90 Å². The highest BCUT2D eigenvalue weighted by molar-refractivity contribution is 5.81. The van der Waals surface area contributed by atoms with Crippen molar-refractivity contribution < 1.29 is 9.90 Å². The fraction of sp³-hybridized carbons (Fsp3) is 0.682. The Morgan fingerprint density at radius 1 is 1.08 bits per heavy atom. The summed E-state index contributed by atoms with van der Waals surface area (Å²) in [4.78, 5) is 14.6. The topological polar surface area (TPSA) is 40.5 Å². The number of likely N-dealkylation sites (tertiary alicyclic amines) is 1. The molecule has 1 amide bonds. The molecule has 0 aromatic heterocycles. The smallest absolute Gasteiger partial charge is 0.225 e. The van der Waals surface area contributed by atoms with Gasteiger partial charge in [0.05, 0.1) is 5.60 Å². The van der Waals surface area contributed by atoms with E-state index in [1.807, 2.05) is 6.92 Å². The molecule has 0 bridgehead atoms. The van der Waals surface area contributed by atoms with Crippen LogP contribution in [0.3, 0.4) is 0 Å². The standard InChI is InChI=1S/C22H29NO2/c1-21(25)10-19(11-21)20(24)23-13-22(14-23)8-7-18(12-22)17-4-2-3-16(9-17)15-5-6-15/h2-4,9,15,18-19,25H,5-8,10-14H2,1H3. The molecule has 3 aliphatic carbocycles. The van der Waals surface area contributed by atoms with Gasteiger partial charge in [-0.3, -0.25) is 4.79 Å². The molecule has 25 heavy (non-hydrogen) atoms. The van der Waals surface area contributed by atoms with Gasteiger partial charge in [0, 0.05) is 24.4 Å². The molecule has 1 saturated heterocycles. The number of carbonyl (C=O) groups is 1. The zero-order chi connectivity index (χ0) is 17.2. The molecule has 1 spiro atoms. The minimum Gasteiger partial charge on any atom is -0.390 e. The number of rotatable bonds is 3. The Labute approximate surface area is 150 Å². The van der Waals surface area contributed by atoms with E-state index >= 15 is 0 Å². The Hall–Kier alpha value is -1.35. The van der Waals surface area contributed by atoms with E-state index in [1.165, 1.54) is 37.7 Å². The number of amides is 1. The summed E-state index contributed by atoms with van der Waals surface area (Å²) in [5.74, 6) is 1.86. The molecule has 5 rings (SSSR count). The maximum atomic E-state index is 12.5. The van der Waals surface area contributed by atoms with Crippen LogP contribution in [0.5, 0.6) is 0 Å². The van der Waals surface area contributed by atoms with Crippen LogP contribution in [0.15, 0.2) is 24.3 Å². The lowest BCUT2D eigenvalue weighted by atomic mass is 9.69. The first kappa shape index (κ1) is 15.9. The summed E-state index contributed by atoms with van der Waals surface area (Å²) in [6, 6.07) is 9.31. The number of hydrogen-bond acceptors (Lipinski definition) is 2. The van der Waals surface area contributed by atoms with E-state index in [0.29, 0.717) is 24.2 Å². The highest BCUT2D eigenvalue weighted by atomic mass is 16.3. The SMILES string of the molecule is CC1(O)CC(C(=O)N2CC3(CCC(c4cccc(C5CC5)c4)C3)C2)C1. The lowest BCUT2D eigenvalue weighted by Gasteiger charge is -2.52. The van der Waals surface area contributed by atoms with Crippen LogP contribution in [-0.2, 0) is 4.79 Å². The monoisotopic (exact) mass is 339 g/mol. The average Bonchev–Trinajstić information content (AvgIpc) is 3.29. The van der Waals surface area contributed by atoms with Gasteiger partial charge in [0.1, 0.15) is 0 Å². The molecule has 1 aliphatic heterocycles. The summed E-state index contributed by atoms with van der Waals surface area (Å²) in [6.07, 6.45) is 7.79. The molecule has 3 nitrogen and oxygen atoms in total. The largest absolute Gasteiger partial charge is 0.390 e. The van der Waals surface area contributed by atoms with Crippen molar-refractivity contribution in [2.24, 2.45) is 11.3 Å². The normalized spacial score (nSPS) is 36.2. The maximum absolute atomic E-state index is 12.5. The van der Waals surface area contributed by atoms with Crippen LogP contribution in [0, 0.1) is 11.3 Å². The van der Waals surface area contributed by atoms with Crippen molar-refractivity contribution >= 4 is 5.91 Å². The van der Waals surface area contributed by atoms with Gasteiger partial charge < -0.3 is 10.0 Å². The first-order chi connectivity index (χ1) is 11.9. The van der Waals surface area contributed by atoms with E-state index in [1.54, 1.807) is 5.56 Å². The quantitative estimate of drug-likeness (QED) is 0.909. The summed E-state index contributed by atoms with van der Waals surface area (Å²) in [6.45, 7) is 3.73. The number of carbonyl (C=O) groups excluding carboxylic acids is 1. The van der Waals surface area contributed by atoms with Crippen LogP contribution in [0.1, 0.15) is 74.8 Å². The minimum absolute atomic E-state index is 0.0692. The van der Waals surface area contributed by atoms with Crippen molar-refractivity contribution in [2.45, 2.75) is 69.3 Å². The molecule has 1 atom stereocenters. The van der Waals surface area contributed by atoms with Gasteiger partial charge in [-0.05, 0) is 74.8 Å². The van der Waals surface area contributed by atoms with Gasteiger partial charge in [0.2, 0.25) is 5.91 Å². The molecule has 4 fully saturated rings. The van der Waals surface area contributed by atoms with Gasteiger partial charge in [-0.2, -0.15) is 0 Å². The fourth-order valence-corrected chi connectivity index (χ4v) is 5.62. The second kappa shape index (κ2) is 5.33. The van der Waals surface area contributed by atoms with Crippen LogP contribution in [-0.4, -0.2) is 34.6 Å². The molecule has 1 heterocycles. The third-order valence-electron chi connectivity index (χ3n) is 7.22. The molecular formula is C22H29NO2. The zero-order valence-electron chi connectivity index (χ0n) is 15.2. The molecule has 1 aromatic carbocycles. The second-order valence-electron chi connectivity index (χ2n) is 9.68. The van der Waals surface area contributed by atoms with Crippen molar-refractivity contribution in [3.63, 3.8) is 0 Å². The van der Waals surface area contributed by atoms with Gasteiger partial charge in [0.25, 0.3) is 0 Å². The third-order valence-corrected chi connectivity index (χ3v) is 7.22. The van der Waals surface area contributed by atoms with E-state index < -0.39 is 5.60 Å². The van der Waals surface area contributed by atoms with Crippen molar-refractivity contribution in [3.8, 4) is 0 Å². The zero-order valence-corrected chi connectivity index (χ0v) is 15.2. The molecule has 1 N–H and O–H groups in total. The van der Waals surface area contributed by atoms with Gasteiger partial charge in [-0.1, -0.05) is 24.3 Å². The first-order valence-electron chi connectivity index (χ1n) is 10.0. The molecule has 1 aromatic rings. The van der Waals surface area contributed by atoms with Crippen molar-refractivity contribution in [1.82, 2.24) is 4.90 Å². The van der Waals surface area contributed by atoms with Crippen molar-refractivity contribution in [2.75, 3.05) is 13.1 Å². The fourth-order valence-electron chi connectivity index (χ4n) is 5.62. The van der Waals surface area contributed by atoms with Crippen LogP contribution in [0.4, 0.5) is 0 Å². The van der Waals surface area contributed by atoms with Gasteiger partial charge in [-0.15, -0.1) is 0 Å². The molecule has 1 unspecified atom stereocenters. The maximum Gasteiger partial charge on any atom is 0.225 e. The van der Waals surface area contributed by atoms with E-state index in [0.717, 1.165) is 19.0 Å². The summed E-state index contributed by atoms with van der Waals surface area (Å²) < 4.78 is 0. The molecule has 3 saturated carbocycles. The van der Waals surface area contributed by atoms with Crippen LogP contribution < -0.4 is 0 Å². The lowest BCUT2D eigenvalue weighted by Crippen LogP contribution is -2.61. The number of aliphatic hydroxyl groups is 1. The number of nitrogens with zero attached hydrogens (tertiary/aromatic N) is 1. The summed E-state index contributed by atoms with van der Waals surface area (Å²) in [5, 5.41) is 9.87. The average molecular weight is 339 g/mol. The highest BCUT2D eigenvalue weighted by Gasteiger charge is 2.53. The molecule has 4 aliphatic rings. The van der Waals surface area contributed by atoms with Crippen molar-refractivity contribution in [1.29, 1.82) is 0 Å². The first-order valence-corrected chi connectivity index (χ1v) is 10.0. The van der Waals surface area contributed by atoms with E-state index in [4.69, 9.17) is 0 Å². The predicted octanol–water partition coefficient (Wildman–Crippen LogP) is 3.82. The highest BCUT2D eigenvalue weighted by Crippen LogP contribution is 2.53. The summed E-state index contributed by atoms with van der Waals surface area (Å²) in [7, 11) is 0. The summed E-state index contributed by atoms with van der Waals surface area (Å²) in [5.41, 5.74) is 2.85. The Morgan fingerprint density at radius 3 is 2.40 bits per heavy atom.